The number of ether oxygens (including phenoxy) is 1. The summed E-state index contributed by atoms with van der Waals surface area (Å²) in [6, 6.07) is 15.8. The molecule has 0 aliphatic rings. The number of primary amides is 1. The smallest absolute Gasteiger partial charge is 0.251 e. The summed E-state index contributed by atoms with van der Waals surface area (Å²) in [6.07, 6.45) is 0. The number of nitrogens with zero attached hydrogens (tertiary/aromatic N) is 1. The molecule has 116 valence electrons. The second-order valence-corrected chi connectivity index (χ2v) is 4.73. The predicted molar refractivity (Wildman–Crippen MR) is 83.5 cm³/mol. The van der Waals surface area contributed by atoms with Crippen LogP contribution in [-0.4, -0.2) is 18.4 Å². The zero-order valence-electron chi connectivity index (χ0n) is 12.3. The second-order valence-electron chi connectivity index (χ2n) is 4.73. The Labute approximate surface area is 133 Å². The van der Waals surface area contributed by atoms with Gasteiger partial charge >= 0.3 is 0 Å². The Kier molecular flexibility index (Phi) is 5.31. The standard InChI is InChI=1S/C17H15N3O3/c18-9-13-3-1-2-4-14(13)11-23-15-7-5-12(6-8-15)17(22)20-10-16(19)21/h1-8H,10-11H2,(H2,19,21)(H,20,22). The van der Waals surface area contributed by atoms with Gasteiger partial charge in [-0.05, 0) is 30.3 Å². The minimum Gasteiger partial charge on any atom is -0.489 e. The van der Waals surface area contributed by atoms with Crippen molar-refractivity contribution in [3.63, 3.8) is 0 Å². The van der Waals surface area contributed by atoms with Crippen molar-refractivity contribution < 1.29 is 14.3 Å². The van der Waals surface area contributed by atoms with Crippen LogP contribution in [0.2, 0.25) is 0 Å². The van der Waals surface area contributed by atoms with Crippen molar-refractivity contribution in [2.24, 2.45) is 5.73 Å². The highest BCUT2D eigenvalue weighted by atomic mass is 16.5. The summed E-state index contributed by atoms with van der Waals surface area (Å²) in [5.41, 5.74) is 6.72. The van der Waals surface area contributed by atoms with Gasteiger partial charge in [0, 0.05) is 11.1 Å². The van der Waals surface area contributed by atoms with Gasteiger partial charge in [-0.15, -0.1) is 0 Å². The van der Waals surface area contributed by atoms with Crippen molar-refractivity contribution in [3.05, 3.63) is 65.2 Å². The third kappa shape index (κ3) is 4.58. The summed E-state index contributed by atoms with van der Waals surface area (Å²) in [6.45, 7) is 0.0545. The van der Waals surface area contributed by atoms with E-state index >= 15 is 0 Å². The molecule has 0 aliphatic heterocycles. The molecule has 0 radical (unpaired) electrons. The minimum atomic E-state index is -0.602. The van der Waals surface area contributed by atoms with E-state index < -0.39 is 5.91 Å². The quantitative estimate of drug-likeness (QED) is 0.840. The summed E-state index contributed by atoms with van der Waals surface area (Å²) < 4.78 is 5.61. The Hall–Kier alpha value is -3.33. The summed E-state index contributed by atoms with van der Waals surface area (Å²) in [5.74, 6) is -0.413. The molecular weight excluding hydrogens is 294 g/mol. The Bertz CT molecular complexity index is 748. The highest BCUT2D eigenvalue weighted by Gasteiger charge is 2.07. The SMILES string of the molecule is N#Cc1ccccc1COc1ccc(C(=O)NCC(N)=O)cc1. The Balaban J connectivity index is 1.96. The summed E-state index contributed by atoms with van der Waals surface area (Å²) in [4.78, 5) is 22.4. The van der Waals surface area contributed by atoms with E-state index in [1.54, 1.807) is 36.4 Å². The van der Waals surface area contributed by atoms with Crippen LogP contribution >= 0.6 is 0 Å². The number of carbonyl (C=O) groups excluding carboxylic acids is 2. The van der Waals surface area contributed by atoms with Crippen LogP contribution in [0.1, 0.15) is 21.5 Å². The van der Waals surface area contributed by atoms with Gasteiger partial charge < -0.3 is 15.8 Å². The van der Waals surface area contributed by atoms with E-state index in [4.69, 9.17) is 15.7 Å². The lowest BCUT2D eigenvalue weighted by molar-refractivity contribution is -0.117. The molecule has 2 aromatic rings. The molecule has 0 aromatic heterocycles. The van der Waals surface area contributed by atoms with Crippen molar-refractivity contribution in [2.45, 2.75) is 6.61 Å². The van der Waals surface area contributed by atoms with E-state index in [1.807, 2.05) is 12.1 Å². The average molecular weight is 309 g/mol. The van der Waals surface area contributed by atoms with Crippen LogP contribution in [0.3, 0.4) is 0 Å². The Morgan fingerprint density at radius 1 is 1.13 bits per heavy atom. The zero-order chi connectivity index (χ0) is 16.7. The number of hydrogen-bond donors (Lipinski definition) is 2. The lowest BCUT2D eigenvalue weighted by atomic mass is 10.1. The van der Waals surface area contributed by atoms with Crippen LogP contribution in [0.5, 0.6) is 5.75 Å². The lowest BCUT2D eigenvalue weighted by Gasteiger charge is -2.08. The highest BCUT2D eigenvalue weighted by molar-refractivity contribution is 5.96. The maximum absolute atomic E-state index is 11.7. The number of amides is 2. The minimum absolute atomic E-state index is 0.206. The number of nitrogens with two attached hydrogens (primary N) is 1. The summed E-state index contributed by atoms with van der Waals surface area (Å²) in [7, 11) is 0. The fraction of sp³-hybridized carbons (Fsp3) is 0.118. The van der Waals surface area contributed by atoms with Gasteiger partial charge in [-0.25, -0.2) is 0 Å². The second kappa shape index (κ2) is 7.61. The van der Waals surface area contributed by atoms with Gasteiger partial charge in [0.2, 0.25) is 5.91 Å². The zero-order valence-corrected chi connectivity index (χ0v) is 12.3. The Morgan fingerprint density at radius 3 is 2.48 bits per heavy atom. The first kappa shape index (κ1) is 16.0. The number of nitriles is 1. The van der Waals surface area contributed by atoms with Crippen LogP contribution in [0.4, 0.5) is 0 Å². The van der Waals surface area contributed by atoms with Crippen LogP contribution in [-0.2, 0) is 11.4 Å². The normalized spacial score (nSPS) is 9.70. The fourth-order valence-electron chi connectivity index (χ4n) is 1.89. The van der Waals surface area contributed by atoms with Gasteiger partial charge in [0.15, 0.2) is 0 Å². The van der Waals surface area contributed by atoms with Crippen LogP contribution in [0, 0.1) is 11.3 Å². The first-order valence-corrected chi connectivity index (χ1v) is 6.87. The van der Waals surface area contributed by atoms with Crippen molar-refractivity contribution in [1.29, 1.82) is 5.26 Å². The summed E-state index contributed by atoms with van der Waals surface area (Å²) in [5, 5.41) is 11.4. The van der Waals surface area contributed by atoms with E-state index in [1.165, 1.54) is 0 Å². The molecule has 6 heteroatoms. The molecule has 0 heterocycles. The van der Waals surface area contributed by atoms with Crippen LogP contribution < -0.4 is 15.8 Å². The molecule has 0 saturated heterocycles. The predicted octanol–water partition coefficient (Wildman–Crippen LogP) is 1.35. The van der Waals surface area contributed by atoms with E-state index in [0.29, 0.717) is 16.9 Å². The number of carbonyl (C=O) groups is 2. The first-order chi connectivity index (χ1) is 11.1. The van der Waals surface area contributed by atoms with Gasteiger partial charge in [-0.1, -0.05) is 18.2 Å². The largest absolute Gasteiger partial charge is 0.489 e. The van der Waals surface area contributed by atoms with Gasteiger partial charge in [0.25, 0.3) is 5.91 Å². The van der Waals surface area contributed by atoms with Gasteiger partial charge in [-0.2, -0.15) is 5.26 Å². The number of rotatable bonds is 6. The van der Waals surface area contributed by atoms with Crippen molar-refractivity contribution in [3.8, 4) is 11.8 Å². The topological polar surface area (TPSA) is 105 Å². The van der Waals surface area contributed by atoms with Gasteiger partial charge in [0.05, 0.1) is 18.2 Å². The molecule has 0 spiro atoms. The molecule has 0 saturated carbocycles. The van der Waals surface area contributed by atoms with E-state index in [0.717, 1.165) is 5.56 Å². The Morgan fingerprint density at radius 2 is 1.83 bits per heavy atom. The molecular formula is C17H15N3O3. The van der Waals surface area contributed by atoms with E-state index in [-0.39, 0.29) is 19.1 Å². The number of hydrogen-bond acceptors (Lipinski definition) is 4. The van der Waals surface area contributed by atoms with E-state index in [9.17, 15) is 9.59 Å². The molecule has 2 amide bonds. The number of benzene rings is 2. The van der Waals surface area contributed by atoms with Crippen molar-refractivity contribution in [1.82, 2.24) is 5.32 Å². The molecule has 0 unspecified atom stereocenters. The molecule has 6 nitrogen and oxygen atoms in total. The van der Waals surface area contributed by atoms with Gasteiger partial charge in [0.1, 0.15) is 12.4 Å². The maximum atomic E-state index is 11.7. The highest BCUT2D eigenvalue weighted by Crippen LogP contribution is 2.16. The van der Waals surface area contributed by atoms with Crippen molar-refractivity contribution >= 4 is 11.8 Å². The molecule has 2 rings (SSSR count). The molecule has 23 heavy (non-hydrogen) atoms. The molecule has 0 atom stereocenters. The van der Waals surface area contributed by atoms with E-state index in [2.05, 4.69) is 11.4 Å². The monoisotopic (exact) mass is 309 g/mol. The molecule has 0 aliphatic carbocycles. The van der Waals surface area contributed by atoms with Crippen LogP contribution in [0.25, 0.3) is 0 Å². The summed E-state index contributed by atoms with van der Waals surface area (Å²) >= 11 is 0. The third-order valence-electron chi connectivity index (χ3n) is 3.07. The van der Waals surface area contributed by atoms with Crippen molar-refractivity contribution in [2.75, 3.05) is 6.54 Å². The number of nitrogens with one attached hydrogen (secondary N) is 1. The molecule has 3 N–H and O–H groups in total. The molecule has 0 bridgehead atoms. The lowest BCUT2D eigenvalue weighted by Crippen LogP contribution is -2.33. The fourth-order valence-corrected chi connectivity index (χ4v) is 1.89. The third-order valence-corrected chi connectivity index (χ3v) is 3.07. The van der Waals surface area contributed by atoms with Gasteiger partial charge in [-0.3, -0.25) is 9.59 Å². The average Bonchev–Trinajstić information content (AvgIpc) is 2.58. The first-order valence-electron chi connectivity index (χ1n) is 6.87. The molecule has 0 fully saturated rings. The maximum Gasteiger partial charge on any atom is 0.251 e. The van der Waals surface area contributed by atoms with Crippen LogP contribution in [0.15, 0.2) is 48.5 Å². The molecule has 2 aromatic carbocycles.